The van der Waals surface area contributed by atoms with Gasteiger partial charge in [-0.2, -0.15) is 0 Å². The molecule has 16 heavy (non-hydrogen) atoms. The average Bonchev–Trinajstić information content (AvgIpc) is 2.29. The van der Waals surface area contributed by atoms with Gasteiger partial charge in [-0.15, -0.1) is 11.8 Å². The molecule has 0 bridgehead atoms. The van der Waals surface area contributed by atoms with Crippen molar-refractivity contribution in [2.45, 2.75) is 46.0 Å². The van der Waals surface area contributed by atoms with Crippen LogP contribution in [0.1, 0.15) is 45.1 Å². The van der Waals surface area contributed by atoms with Gasteiger partial charge in [-0.3, -0.25) is 0 Å². The number of aryl methyl sites for hydroxylation is 1. The van der Waals surface area contributed by atoms with Crippen molar-refractivity contribution in [1.82, 2.24) is 0 Å². The van der Waals surface area contributed by atoms with E-state index >= 15 is 0 Å². The third-order valence-electron chi connectivity index (χ3n) is 2.58. The highest BCUT2D eigenvalue weighted by Gasteiger charge is 1.90. The van der Waals surface area contributed by atoms with E-state index in [0.29, 0.717) is 0 Å². The van der Waals surface area contributed by atoms with E-state index in [2.05, 4.69) is 56.0 Å². The third-order valence-corrected chi connectivity index (χ3v) is 2.58. The molecule has 0 heterocycles. The minimum absolute atomic E-state index is 0.776. The molecule has 0 fully saturated rings. The summed E-state index contributed by atoms with van der Waals surface area (Å²) in [4.78, 5) is 0. The largest absolute Gasteiger partial charge is 0.103 e. The van der Waals surface area contributed by atoms with Crippen molar-refractivity contribution in [3.63, 3.8) is 0 Å². The Morgan fingerprint density at radius 1 is 1.00 bits per heavy atom. The van der Waals surface area contributed by atoms with E-state index in [1.165, 1.54) is 18.4 Å². The Morgan fingerprint density at radius 3 is 2.38 bits per heavy atom. The summed E-state index contributed by atoms with van der Waals surface area (Å²) in [7, 11) is 0. The van der Waals surface area contributed by atoms with Crippen LogP contribution >= 0.6 is 0 Å². The van der Waals surface area contributed by atoms with Crippen molar-refractivity contribution in [1.29, 1.82) is 0 Å². The molecule has 1 aromatic rings. The van der Waals surface area contributed by atoms with Gasteiger partial charge in [0.1, 0.15) is 0 Å². The van der Waals surface area contributed by atoms with E-state index in [-0.39, 0.29) is 0 Å². The fraction of sp³-hybridized carbons (Fsp3) is 0.500. The lowest BCUT2D eigenvalue weighted by atomic mass is 10.1. The summed E-state index contributed by atoms with van der Waals surface area (Å²) in [6.07, 6.45) is 5.65. The first kappa shape index (κ1) is 12.8. The maximum absolute atomic E-state index is 3.26. The molecule has 0 spiro atoms. The summed E-state index contributed by atoms with van der Waals surface area (Å²) in [6.45, 7) is 4.49. The molecule has 86 valence electrons. The predicted molar refractivity (Wildman–Crippen MR) is 71.2 cm³/mol. The van der Waals surface area contributed by atoms with Crippen LogP contribution in [0.3, 0.4) is 0 Å². The van der Waals surface area contributed by atoms with Crippen LogP contribution in [-0.2, 0) is 6.42 Å². The Hall–Kier alpha value is -1.22. The summed E-state index contributed by atoms with van der Waals surface area (Å²) in [5.41, 5.74) is 1.42. The van der Waals surface area contributed by atoms with E-state index < -0.39 is 0 Å². The molecule has 0 aliphatic rings. The normalized spacial score (nSPS) is 9.94. The second-order valence-corrected chi connectivity index (χ2v) is 4.63. The van der Waals surface area contributed by atoms with Crippen LogP contribution in [0.2, 0.25) is 0 Å². The van der Waals surface area contributed by atoms with Gasteiger partial charge in [0.05, 0.1) is 0 Å². The molecule has 1 aromatic carbocycles. The Bertz CT molecular complexity index is 324. The summed E-state index contributed by atoms with van der Waals surface area (Å²) < 4.78 is 0. The minimum atomic E-state index is 0.776. The molecule has 0 nitrogen and oxygen atoms in total. The second-order valence-electron chi connectivity index (χ2n) is 4.63. The number of unbranched alkanes of at least 4 members (excludes halogenated alkanes) is 1. The van der Waals surface area contributed by atoms with E-state index in [9.17, 15) is 0 Å². The van der Waals surface area contributed by atoms with Crippen molar-refractivity contribution >= 4 is 0 Å². The van der Waals surface area contributed by atoms with Gasteiger partial charge in [-0.05, 0) is 30.7 Å². The minimum Gasteiger partial charge on any atom is -0.103 e. The maximum Gasteiger partial charge on any atom is 0.00918 e. The van der Waals surface area contributed by atoms with E-state index in [4.69, 9.17) is 0 Å². The van der Waals surface area contributed by atoms with Crippen molar-refractivity contribution in [3.05, 3.63) is 35.9 Å². The molecule has 0 saturated carbocycles. The molecule has 0 aromatic heterocycles. The number of rotatable bonds is 5. The Balaban J connectivity index is 2.08. The first-order valence-corrected chi connectivity index (χ1v) is 6.28. The summed E-state index contributed by atoms with van der Waals surface area (Å²) >= 11 is 0. The highest BCUT2D eigenvalue weighted by Crippen LogP contribution is 2.04. The number of hydrogen-bond donors (Lipinski definition) is 0. The maximum atomic E-state index is 3.26. The standard InChI is InChI=1S/C16H22/c1-15(2)11-7-4-3-5-8-12-16-13-9-6-10-14-16/h6,9-10,13-15H,5,7-8,11-12H2,1-2H3. The smallest absolute Gasteiger partial charge is 0.00918 e. The molecule has 0 unspecified atom stereocenters. The fourth-order valence-electron chi connectivity index (χ4n) is 1.56. The highest BCUT2D eigenvalue weighted by molar-refractivity contribution is 5.14. The summed E-state index contributed by atoms with van der Waals surface area (Å²) in [6, 6.07) is 10.6. The molecular formula is C16H22. The van der Waals surface area contributed by atoms with Gasteiger partial charge in [-0.25, -0.2) is 0 Å². The fourth-order valence-corrected chi connectivity index (χ4v) is 1.56. The number of benzene rings is 1. The van der Waals surface area contributed by atoms with Gasteiger partial charge in [0.25, 0.3) is 0 Å². The quantitative estimate of drug-likeness (QED) is 0.502. The summed E-state index contributed by atoms with van der Waals surface area (Å²) in [5.74, 6) is 7.29. The van der Waals surface area contributed by atoms with Crippen LogP contribution in [0.4, 0.5) is 0 Å². The zero-order valence-corrected chi connectivity index (χ0v) is 10.5. The molecule has 0 atom stereocenters. The second kappa shape index (κ2) is 7.99. The molecule has 0 aliphatic carbocycles. The Labute approximate surface area is 100 Å². The van der Waals surface area contributed by atoms with E-state index in [0.717, 1.165) is 25.2 Å². The summed E-state index contributed by atoms with van der Waals surface area (Å²) in [5, 5.41) is 0. The lowest BCUT2D eigenvalue weighted by molar-refractivity contribution is 0.599. The van der Waals surface area contributed by atoms with Crippen molar-refractivity contribution in [2.24, 2.45) is 5.92 Å². The topological polar surface area (TPSA) is 0 Å². The van der Waals surface area contributed by atoms with Crippen LogP contribution in [0.15, 0.2) is 30.3 Å². The molecule has 0 amide bonds. The van der Waals surface area contributed by atoms with E-state index in [1.54, 1.807) is 0 Å². The van der Waals surface area contributed by atoms with Gasteiger partial charge in [0.15, 0.2) is 0 Å². The SMILES string of the molecule is CC(C)CCC#CCCCc1ccccc1. The molecule has 0 saturated heterocycles. The van der Waals surface area contributed by atoms with Crippen molar-refractivity contribution in [3.8, 4) is 11.8 Å². The zero-order chi connectivity index (χ0) is 11.6. The molecule has 0 N–H and O–H groups in total. The zero-order valence-electron chi connectivity index (χ0n) is 10.5. The van der Waals surface area contributed by atoms with Crippen LogP contribution in [0, 0.1) is 17.8 Å². The Morgan fingerprint density at radius 2 is 1.69 bits per heavy atom. The highest BCUT2D eigenvalue weighted by atomic mass is 14.0. The van der Waals surface area contributed by atoms with Crippen LogP contribution < -0.4 is 0 Å². The molecule has 0 radical (unpaired) electrons. The first-order chi connectivity index (χ1) is 7.79. The first-order valence-electron chi connectivity index (χ1n) is 6.28. The predicted octanol–water partition coefficient (Wildman–Crippen LogP) is 4.45. The lowest BCUT2D eigenvalue weighted by Gasteiger charge is -1.98. The Kier molecular flexibility index (Phi) is 6.42. The van der Waals surface area contributed by atoms with E-state index in [1.807, 2.05) is 0 Å². The molecular weight excluding hydrogens is 192 g/mol. The van der Waals surface area contributed by atoms with Gasteiger partial charge in [0, 0.05) is 12.8 Å². The average molecular weight is 214 g/mol. The van der Waals surface area contributed by atoms with Crippen LogP contribution in [0.25, 0.3) is 0 Å². The van der Waals surface area contributed by atoms with Gasteiger partial charge in [-0.1, -0.05) is 44.2 Å². The van der Waals surface area contributed by atoms with Crippen molar-refractivity contribution in [2.75, 3.05) is 0 Å². The third kappa shape index (κ3) is 6.30. The molecule has 0 aliphatic heterocycles. The van der Waals surface area contributed by atoms with Gasteiger partial charge >= 0.3 is 0 Å². The monoisotopic (exact) mass is 214 g/mol. The van der Waals surface area contributed by atoms with Crippen LogP contribution in [0.5, 0.6) is 0 Å². The molecule has 0 heteroatoms. The number of hydrogen-bond acceptors (Lipinski definition) is 0. The van der Waals surface area contributed by atoms with Crippen molar-refractivity contribution < 1.29 is 0 Å². The lowest BCUT2D eigenvalue weighted by Crippen LogP contribution is -1.85. The van der Waals surface area contributed by atoms with Gasteiger partial charge in [0.2, 0.25) is 0 Å². The van der Waals surface area contributed by atoms with Crippen LogP contribution in [-0.4, -0.2) is 0 Å². The van der Waals surface area contributed by atoms with Gasteiger partial charge < -0.3 is 0 Å². The molecule has 1 rings (SSSR count).